The summed E-state index contributed by atoms with van der Waals surface area (Å²) < 4.78 is 1.47. The molecule has 0 saturated heterocycles. The first kappa shape index (κ1) is 19.9. The second-order valence-corrected chi connectivity index (χ2v) is 7.39. The molecule has 6 N–H and O–H groups in total. The zero-order chi connectivity index (χ0) is 22.2. The van der Waals surface area contributed by atoms with E-state index in [0.29, 0.717) is 40.6 Å². The fourth-order valence-corrected chi connectivity index (χ4v) is 3.74. The highest BCUT2D eigenvalue weighted by molar-refractivity contribution is 6.58. The number of nitrogens with two attached hydrogens (primary N) is 1. The number of anilines is 2. The molecule has 0 aliphatic carbocycles. The summed E-state index contributed by atoms with van der Waals surface area (Å²) in [5.74, 6) is 1.05. The van der Waals surface area contributed by atoms with Crippen molar-refractivity contribution in [2.45, 2.75) is 13.0 Å². The van der Waals surface area contributed by atoms with Crippen LogP contribution in [0.3, 0.4) is 0 Å². The van der Waals surface area contributed by atoms with Gasteiger partial charge in [-0.05, 0) is 29.6 Å². The van der Waals surface area contributed by atoms with Gasteiger partial charge in [-0.2, -0.15) is 14.6 Å². The molecule has 0 radical (unpaired) electrons. The van der Waals surface area contributed by atoms with Crippen molar-refractivity contribution >= 4 is 41.2 Å². The van der Waals surface area contributed by atoms with E-state index in [1.807, 2.05) is 6.07 Å². The molecular weight excluding hydrogens is 411 g/mol. The molecule has 1 aliphatic rings. The Kier molecular flexibility index (Phi) is 4.92. The van der Waals surface area contributed by atoms with E-state index in [1.54, 1.807) is 36.4 Å². The van der Waals surface area contributed by atoms with E-state index >= 15 is 0 Å². The van der Waals surface area contributed by atoms with Gasteiger partial charge in [-0.1, -0.05) is 35.5 Å². The maximum Gasteiger partial charge on any atom is 0.488 e. The van der Waals surface area contributed by atoms with Crippen LogP contribution < -0.4 is 21.8 Å². The maximum atomic E-state index is 11.7. The number of rotatable bonds is 6. The molecule has 1 aliphatic heterocycles. The van der Waals surface area contributed by atoms with Crippen molar-refractivity contribution in [3.05, 3.63) is 59.2 Å². The van der Waals surface area contributed by atoms with Gasteiger partial charge in [0, 0.05) is 18.7 Å². The van der Waals surface area contributed by atoms with E-state index in [9.17, 15) is 14.8 Å². The van der Waals surface area contributed by atoms with Gasteiger partial charge in [-0.3, -0.25) is 4.79 Å². The summed E-state index contributed by atoms with van der Waals surface area (Å²) >= 11 is 0. The third kappa shape index (κ3) is 3.51. The lowest BCUT2D eigenvalue weighted by Crippen LogP contribution is -2.30. The Hall–Kier alpha value is -4.03. The Labute approximate surface area is 182 Å². The molecule has 0 atom stereocenters. The zero-order valence-corrected chi connectivity index (χ0v) is 16.9. The molecular formula is C20H19BN8O3. The predicted octanol–water partition coefficient (Wildman–Crippen LogP) is -0.431. The number of benzene rings is 2. The van der Waals surface area contributed by atoms with Gasteiger partial charge < -0.3 is 26.4 Å². The Morgan fingerprint density at radius 2 is 2.06 bits per heavy atom. The molecule has 0 unspecified atom stereocenters. The van der Waals surface area contributed by atoms with Crippen LogP contribution in [-0.2, 0) is 13.0 Å². The van der Waals surface area contributed by atoms with Crippen LogP contribution in [-0.4, -0.2) is 54.6 Å². The smallest absolute Gasteiger partial charge is 0.423 e. The van der Waals surface area contributed by atoms with E-state index in [1.165, 1.54) is 4.68 Å². The highest BCUT2D eigenvalue weighted by Gasteiger charge is 2.22. The molecule has 2 aromatic heterocycles. The van der Waals surface area contributed by atoms with Gasteiger partial charge in [0.2, 0.25) is 0 Å². The lowest BCUT2D eigenvalue weighted by molar-refractivity contribution is 0.100. The number of hydrogen-bond donors (Lipinski definition) is 5. The summed E-state index contributed by atoms with van der Waals surface area (Å²) in [6.45, 7) is 1.16. The average molecular weight is 430 g/mol. The molecule has 32 heavy (non-hydrogen) atoms. The average Bonchev–Trinajstić information content (AvgIpc) is 3.44. The van der Waals surface area contributed by atoms with E-state index in [2.05, 4.69) is 30.9 Å². The number of amides is 1. The highest BCUT2D eigenvalue weighted by atomic mass is 16.4. The van der Waals surface area contributed by atoms with Crippen molar-refractivity contribution in [3.63, 3.8) is 0 Å². The molecule has 5 rings (SSSR count). The first-order valence-corrected chi connectivity index (χ1v) is 9.99. The molecule has 0 saturated carbocycles. The van der Waals surface area contributed by atoms with Crippen LogP contribution in [0.5, 0.6) is 0 Å². The summed E-state index contributed by atoms with van der Waals surface area (Å²) in [5.41, 5.74) is 8.91. The number of nitrogens with one attached hydrogen (secondary N) is 2. The minimum absolute atomic E-state index is 0.275. The van der Waals surface area contributed by atoms with Crippen LogP contribution in [0, 0.1) is 0 Å². The maximum absolute atomic E-state index is 11.7. The normalized spacial score (nSPS) is 12.4. The molecule has 11 nitrogen and oxygen atoms in total. The topological polar surface area (TPSA) is 164 Å². The third-order valence-electron chi connectivity index (χ3n) is 5.30. The van der Waals surface area contributed by atoms with Crippen LogP contribution in [0.2, 0.25) is 0 Å². The second-order valence-electron chi connectivity index (χ2n) is 7.39. The van der Waals surface area contributed by atoms with Gasteiger partial charge in [0.1, 0.15) is 17.2 Å². The van der Waals surface area contributed by atoms with Crippen molar-refractivity contribution in [1.29, 1.82) is 0 Å². The molecule has 4 aromatic rings. The van der Waals surface area contributed by atoms with Crippen molar-refractivity contribution in [3.8, 4) is 5.95 Å². The highest BCUT2D eigenvalue weighted by Crippen LogP contribution is 2.28. The van der Waals surface area contributed by atoms with Crippen molar-refractivity contribution in [1.82, 2.24) is 25.0 Å². The Bertz CT molecular complexity index is 1340. The number of hydrogen-bond acceptors (Lipinski definition) is 9. The minimum Gasteiger partial charge on any atom is -0.423 e. The van der Waals surface area contributed by atoms with Gasteiger partial charge >= 0.3 is 7.12 Å². The zero-order valence-electron chi connectivity index (χ0n) is 16.9. The lowest BCUT2D eigenvalue weighted by atomic mass is 9.80. The van der Waals surface area contributed by atoms with Crippen LogP contribution >= 0.6 is 0 Å². The summed E-state index contributed by atoms with van der Waals surface area (Å²) in [4.78, 5) is 21.0. The first-order chi connectivity index (χ1) is 15.5. The molecule has 160 valence electrons. The lowest BCUT2D eigenvalue weighted by Gasteiger charge is -2.12. The molecule has 0 spiro atoms. The van der Waals surface area contributed by atoms with E-state index in [0.717, 1.165) is 24.1 Å². The van der Waals surface area contributed by atoms with Gasteiger partial charge in [0.15, 0.2) is 0 Å². The third-order valence-corrected chi connectivity index (χ3v) is 5.30. The van der Waals surface area contributed by atoms with Gasteiger partial charge in [-0.15, -0.1) is 5.10 Å². The van der Waals surface area contributed by atoms with Crippen molar-refractivity contribution < 1.29 is 14.8 Å². The standard InChI is InChI=1S/C20H19BN8O3/c22-17(30)13-5-2-6-15-16(13)27-28-29(15)20-25-18-14(7-8-23-18)19(26-20)24-10-11-3-1-4-12(9-11)21(31)32/h1-6,9,31-32H,7-8,10H2,(H2,22,30)(H2,23,24,25,26). The number of carbonyl (C=O) groups is 1. The number of nitrogens with zero attached hydrogens (tertiary/aromatic N) is 5. The molecule has 12 heteroatoms. The number of aromatic nitrogens is 5. The molecule has 2 aromatic carbocycles. The fourth-order valence-electron chi connectivity index (χ4n) is 3.74. The molecule has 3 heterocycles. The van der Waals surface area contributed by atoms with Gasteiger partial charge in [0.25, 0.3) is 11.9 Å². The first-order valence-electron chi connectivity index (χ1n) is 9.99. The monoisotopic (exact) mass is 430 g/mol. The van der Waals surface area contributed by atoms with E-state index in [-0.39, 0.29) is 5.56 Å². The van der Waals surface area contributed by atoms with Crippen LogP contribution in [0.4, 0.5) is 11.6 Å². The Morgan fingerprint density at radius 3 is 2.88 bits per heavy atom. The second kappa shape index (κ2) is 7.91. The van der Waals surface area contributed by atoms with Crippen LogP contribution in [0.1, 0.15) is 21.5 Å². The molecule has 0 bridgehead atoms. The number of carbonyl (C=O) groups excluding carboxylic acids is 1. The molecule has 0 fully saturated rings. The summed E-state index contributed by atoms with van der Waals surface area (Å²) in [6.07, 6.45) is 0.761. The van der Waals surface area contributed by atoms with Gasteiger partial charge in [0.05, 0.1) is 11.1 Å². The molecule has 1 amide bonds. The van der Waals surface area contributed by atoms with Crippen molar-refractivity contribution in [2.24, 2.45) is 5.73 Å². The quantitative estimate of drug-likeness (QED) is 0.255. The fraction of sp³-hybridized carbons (Fsp3) is 0.150. The Balaban J connectivity index is 1.52. The van der Waals surface area contributed by atoms with Gasteiger partial charge in [-0.25, -0.2) is 0 Å². The van der Waals surface area contributed by atoms with Crippen LogP contribution in [0.25, 0.3) is 17.0 Å². The number of primary amides is 1. The van der Waals surface area contributed by atoms with Crippen LogP contribution in [0.15, 0.2) is 42.5 Å². The van der Waals surface area contributed by atoms with E-state index in [4.69, 9.17) is 5.73 Å². The minimum atomic E-state index is -1.53. The van der Waals surface area contributed by atoms with E-state index < -0.39 is 13.0 Å². The summed E-state index contributed by atoms with van der Waals surface area (Å²) in [6, 6.07) is 12.1. The summed E-state index contributed by atoms with van der Waals surface area (Å²) in [5, 5.41) is 33.6. The Morgan fingerprint density at radius 1 is 1.22 bits per heavy atom. The predicted molar refractivity (Wildman–Crippen MR) is 119 cm³/mol. The number of fused-ring (bicyclic) bond motifs is 2. The SMILES string of the molecule is NC(=O)c1cccc2c1nnn2-c1nc2c(c(NCc3cccc(B(O)O)c3)n1)CCN2. The van der Waals surface area contributed by atoms with Crippen molar-refractivity contribution in [2.75, 3.05) is 17.2 Å². The summed E-state index contributed by atoms with van der Waals surface area (Å²) in [7, 11) is -1.53. The largest absolute Gasteiger partial charge is 0.488 e.